The van der Waals surface area contributed by atoms with Crippen LogP contribution >= 0.6 is 0 Å². The third-order valence-electron chi connectivity index (χ3n) is 8.91. The van der Waals surface area contributed by atoms with Gasteiger partial charge in [0.25, 0.3) is 0 Å². The van der Waals surface area contributed by atoms with Crippen LogP contribution in [-0.4, -0.2) is 0 Å². The van der Waals surface area contributed by atoms with E-state index >= 15 is 0 Å². The predicted octanol–water partition coefficient (Wildman–Crippen LogP) is 14.1. The topological polar surface area (TPSA) is 3.24 Å². The van der Waals surface area contributed by atoms with Crippen molar-refractivity contribution in [1.82, 2.24) is 0 Å². The minimum absolute atomic E-state index is 0.0177. The van der Waals surface area contributed by atoms with Gasteiger partial charge in [-0.25, -0.2) is 0 Å². The van der Waals surface area contributed by atoms with Crippen molar-refractivity contribution < 1.29 is 17.8 Å². The maximum absolute atomic E-state index is 9.80. The molecular formula is C50H35N. The quantitative estimate of drug-likeness (QED) is 0.164. The molecule has 240 valence electrons. The van der Waals surface area contributed by atoms with E-state index in [1.165, 1.54) is 4.90 Å². The Morgan fingerprint density at radius 3 is 1.76 bits per heavy atom. The monoisotopic (exact) mass is 662 g/mol. The molecule has 51 heavy (non-hydrogen) atoms. The lowest BCUT2D eigenvalue weighted by Gasteiger charge is -2.27. The van der Waals surface area contributed by atoms with E-state index in [4.69, 9.17) is 9.60 Å². The molecule has 9 aromatic carbocycles. The number of hydrogen-bond acceptors (Lipinski definition) is 1. The summed E-state index contributed by atoms with van der Waals surface area (Å²) in [5.41, 5.74) is 2.56. The lowest BCUT2D eigenvalue weighted by molar-refractivity contribution is 1.28. The van der Waals surface area contributed by atoms with Crippen LogP contribution in [0.15, 0.2) is 212 Å². The summed E-state index contributed by atoms with van der Waals surface area (Å²) in [6.45, 7) is 0. The van der Waals surface area contributed by atoms with E-state index in [0.29, 0.717) is 10.9 Å². The van der Waals surface area contributed by atoms with Gasteiger partial charge in [-0.05, 0) is 102 Å². The first-order chi connectivity index (χ1) is 30.7. The molecule has 0 saturated carbocycles. The zero-order chi connectivity index (χ0) is 45.3. The van der Waals surface area contributed by atoms with Gasteiger partial charge in [-0.15, -0.1) is 0 Å². The molecule has 9 aromatic rings. The molecule has 0 aliphatic carbocycles. The lowest BCUT2D eigenvalue weighted by Crippen LogP contribution is -2.10. The Bertz CT molecular complexity index is 3310. The fourth-order valence-corrected chi connectivity index (χ4v) is 6.53. The first-order valence-electron chi connectivity index (χ1n) is 23.0. The fraction of sp³-hybridized carbons (Fsp3) is 0. The molecule has 0 aliphatic heterocycles. The smallest absolute Gasteiger partial charge is 0.0651 e. The van der Waals surface area contributed by atoms with Crippen molar-refractivity contribution in [2.24, 2.45) is 0 Å². The molecule has 0 spiro atoms. The molecule has 0 fully saturated rings. The van der Waals surface area contributed by atoms with Crippen LogP contribution in [0.2, 0.25) is 0 Å². The maximum atomic E-state index is 9.80. The van der Waals surface area contributed by atoms with E-state index in [1.54, 1.807) is 24.3 Å². The number of anilines is 3. The molecule has 0 saturated heterocycles. The Morgan fingerprint density at radius 1 is 0.333 bits per heavy atom. The van der Waals surface area contributed by atoms with Crippen LogP contribution < -0.4 is 4.90 Å². The summed E-state index contributed by atoms with van der Waals surface area (Å²) in [5, 5.41) is 3.56. The number of benzene rings is 9. The summed E-state index contributed by atoms with van der Waals surface area (Å²) in [7, 11) is 0. The van der Waals surface area contributed by atoms with E-state index in [9.17, 15) is 8.22 Å². The third kappa shape index (κ3) is 5.86. The van der Waals surface area contributed by atoms with Crippen LogP contribution in [0.1, 0.15) is 17.8 Å². The Hall–Kier alpha value is -6.70. The van der Waals surface area contributed by atoms with Crippen molar-refractivity contribution in [2.75, 3.05) is 4.90 Å². The largest absolute Gasteiger partial charge is 0.310 e. The summed E-state index contributed by atoms with van der Waals surface area (Å²) in [5.74, 6) is 0. The minimum Gasteiger partial charge on any atom is -0.310 e. The molecule has 0 heterocycles. The highest BCUT2D eigenvalue weighted by molar-refractivity contribution is 6.04. The molecule has 9 rings (SSSR count). The van der Waals surface area contributed by atoms with Crippen LogP contribution in [0, 0.1) is 0 Å². The van der Waals surface area contributed by atoms with Crippen LogP contribution in [0.3, 0.4) is 0 Å². The second-order valence-electron chi connectivity index (χ2n) is 11.9. The summed E-state index contributed by atoms with van der Waals surface area (Å²) in [4.78, 5) is 1.23. The average molecular weight is 663 g/mol. The predicted molar refractivity (Wildman–Crippen MR) is 218 cm³/mol. The average Bonchev–Trinajstić information content (AvgIpc) is 3.32. The molecule has 0 atom stereocenters. The van der Waals surface area contributed by atoms with Crippen LogP contribution in [0.5, 0.6) is 0 Å². The van der Waals surface area contributed by atoms with Crippen molar-refractivity contribution in [3.05, 3.63) is 212 Å². The maximum Gasteiger partial charge on any atom is 0.0651 e. The van der Waals surface area contributed by atoms with Gasteiger partial charge < -0.3 is 4.90 Å². The van der Waals surface area contributed by atoms with E-state index < -0.39 is 83.3 Å². The van der Waals surface area contributed by atoms with Gasteiger partial charge in [0.05, 0.1) is 17.8 Å². The molecule has 0 unspecified atom stereocenters. The van der Waals surface area contributed by atoms with Crippen molar-refractivity contribution >= 4 is 38.6 Å². The summed E-state index contributed by atoms with van der Waals surface area (Å²) >= 11 is 0. The zero-order valence-electron chi connectivity index (χ0n) is 40.1. The number of nitrogens with zero attached hydrogens (tertiary/aromatic N) is 1. The van der Waals surface area contributed by atoms with Crippen molar-refractivity contribution in [2.45, 2.75) is 0 Å². The van der Waals surface area contributed by atoms with Crippen LogP contribution in [-0.2, 0) is 0 Å². The molecule has 0 bridgehead atoms. The van der Waals surface area contributed by atoms with Gasteiger partial charge in [-0.2, -0.15) is 0 Å². The zero-order valence-corrected chi connectivity index (χ0v) is 27.1. The van der Waals surface area contributed by atoms with E-state index in [-0.39, 0.29) is 29.0 Å². The second-order valence-corrected chi connectivity index (χ2v) is 11.9. The van der Waals surface area contributed by atoms with Crippen molar-refractivity contribution in [1.29, 1.82) is 0 Å². The van der Waals surface area contributed by atoms with Gasteiger partial charge in [-0.3, -0.25) is 0 Å². The van der Waals surface area contributed by atoms with Crippen LogP contribution in [0.25, 0.3) is 66.1 Å². The van der Waals surface area contributed by atoms with Gasteiger partial charge in [0, 0.05) is 17.1 Å². The van der Waals surface area contributed by atoms with E-state index in [2.05, 4.69) is 6.07 Å². The summed E-state index contributed by atoms with van der Waals surface area (Å²) in [6.07, 6.45) is 0. The standard InChI is InChI=1S/C50H35N/c1-3-13-36(14-4-1)37-25-30-43(31-26-37)51(45-21-11-20-42(35-45)47-24-12-19-38-15-7-9-22-46(38)47)44-32-27-40(28-33-44)49-34-29-39-16-8-10-23-48(39)50(49)41-17-5-2-6-18-41/h1-35H/i1D,3D,4D,11D,13D,14D,20D,21D,25D,26D,30D,31D,35D. The first kappa shape index (κ1) is 19.5. The highest BCUT2D eigenvalue weighted by Crippen LogP contribution is 2.42. The normalized spacial score (nSPS) is 14.7. The number of fused-ring (bicyclic) bond motifs is 2. The van der Waals surface area contributed by atoms with Crippen molar-refractivity contribution in [3.63, 3.8) is 0 Å². The number of rotatable bonds is 7. The lowest BCUT2D eigenvalue weighted by atomic mass is 9.90. The highest BCUT2D eigenvalue weighted by atomic mass is 15.1. The molecule has 1 nitrogen and oxygen atoms in total. The second kappa shape index (κ2) is 13.3. The SMILES string of the molecule is [2H]c1c([2H])c([2H])c(-c2c([2H])c([2H])c(N(c3ccc(-c4ccc5ccccc5c4-c4ccccc4)cc3)c3c([2H])c([2H])c([2H])c(-c4cccc5ccccc45)c3[2H])c([2H])c2[2H])c([2H])c1[2H]. The first-order valence-corrected chi connectivity index (χ1v) is 16.5. The fourth-order valence-electron chi connectivity index (χ4n) is 6.53. The number of hydrogen-bond donors (Lipinski definition) is 0. The Labute approximate surface area is 317 Å². The van der Waals surface area contributed by atoms with E-state index in [0.717, 1.165) is 38.4 Å². The molecular weight excluding hydrogens is 615 g/mol. The van der Waals surface area contributed by atoms with Gasteiger partial charge in [0.15, 0.2) is 0 Å². The summed E-state index contributed by atoms with van der Waals surface area (Å²) in [6, 6.07) is 33.5. The third-order valence-corrected chi connectivity index (χ3v) is 8.91. The minimum atomic E-state index is -0.727. The van der Waals surface area contributed by atoms with Gasteiger partial charge in [-0.1, -0.05) is 176 Å². The molecule has 0 radical (unpaired) electrons. The van der Waals surface area contributed by atoms with Crippen LogP contribution in [0.4, 0.5) is 17.1 Å². The Kier molecular flexibility index (Phi) is 5.08. The molecule has 1 heteroatoms. The van der Waals surface area contributed by atoms with Crippen molar-refractivity contribution in [3.8, 4) is 44.5 Å². The highest BCUT2D eigenvalue weighted by Gasteiger charge is 2.17. The Balaban J connectivity index is 1.33. The van der Waals surface area contributed by atoms with Gasteiger partial charge in [0.2, 0.25) is 0 Å². The van der Waals surface area contributed by atoms with Gasteiger partial charge >= 0.3 is 0 Å². The summed E-state index contributed by atoms with van der Waals surface area (Å²) < 4.78 is 117. The Morgan fingerprint density at radius 2 is 0.980 bits per heavy atom. The van der Waals surface area contributed by atoms with E-state index in [1.807, 2.05) is 103 Å². The molecule has 0 aliphatic rings. The molecule has 0 N–H and O–H groups in total. The molecule has 0 amide bonds. The molecule has 0 aromatic heterocycles. The van der Waals surface area contributed by atoms with Gasteiger partial charge in [0.1, 0.15) is 0 Å².